The van der Waals surface area contributed by atoms with Gasteiger partial charge in [0.05, 0.1) is 4.92 Å². The fourth-order valence-electron chi connectivity index (χ4n) is 0.892. The summed E-state index contributed by atoms with van der Waals surface area (Å²) in [5, 5.41) is 20.8. The minimum atomic E-state index is -0.481. The van der Waals surface area contributed by atoms with E-state index >= 15 is 0 Å². The molecule has 0 aliphatic carbocycles. The number of nitro benzene ring substituents is 1. The van der Waals surface area contributed by atoms with Crippen LogP contribution < -0.4 is 0 Å². The van der Waals surface area contributed by atoms with Gasteiger partial charge in [-0.05, 0) is 12.1 Å². The number of nitro groups is 1. The lowest BCUT2D eigenvalue weighted by molar-refractivity contribution is -0.416. The zero-order valence-electron chi connectivity index (χ0n) is 7.01. The molecule has 0 saturated carbocycles. The Hall–Kier alpha value is -1.91. The van der Waals surface area contributed by atoms with Crippen molar-refractivity contribution in [2.24, 2.45) is 0 Å². The molecule has 0 fully saturated rings. The van der Waals surface area contributed by atoms with Gasteiger partial charge in [0, 0.05) is 17.7 Å². The number of hydroxylamine groups is 1. The van der Waals surface area contributed by atoms with Crippen molar-refractivity contribution in [2.45, 2.75) is 0 Å². The van der Waals surface area contributed by atoms with Gasteiger partial charge in [-0.25, -0.2) is 4.74 Å². The Kier molecular flexibility index (Phi) is 2.59. The average molecular weight is 180 g/mol. The van der Waals surface area contributed by atoms with Crippen LogP contribution in [-0.2, 0) is 0 Å². The molecule has 0 aliphatic heterocycles. The quantitative estimate of drug-likeness (QED) is 0.225. The first kappa shape index (κ1) is 9.18. The largest absolute Gasteiger partial charge is 0.624 e. The monoisotopic (exact) mass is 180 g/mol. The molecule has 0 bridgehead atoms. The van der Waals surface area contributed by atoms with Gasteiger partial charge < -0.3 is 5.21 Å². The van der Waals surface area contributed by atoms with Crippen LogP contribution in [0.4, 0.5) is 5.69 Å². The molecule has 0 aromatic heterocycles. The second kappa shape index (κ2) is 3.66. The van der Waals surface area contributed by atoms with Gasteiger partial charge in [-0.3, -0.25) is 10.1 Å². The predicted molar refractivity (Wildman–Crippen MR) is 47.8 cm³/mol. The van der Waals surface area contributed by atoms with Crippen molar-refractivity contribution in [3.05, 3.63) is 45.2 Å². The third-order valence-corrected chi connectivity index (χ3v) is 1.43. The fourth-order valence-corrected chi connectivity index (χ4v) is 0.892. The highest BCUT2D eigenvalue weighted by atomic mass is 16.6. The van der Waals surface area contributed by atoms with Gasteiger partial charge in [-0.15, -0.1) is 0 Å². The number of rotatable bonds is 2. The summed E-state index contributed by atoms with van der Waals surface area (Å²) >= 11 is 0. The highest BCUT2D eigenvalue weighted by molar-refractivity contribution is 5.76. The Labute approximate surface area is 74.7 Å². The van der Waals surface area contributed by atoms with E-state index in [-0.39, 0.29) is 5.69 Å². The van der Waals surface area contributed by atoms with Crippen molar-refractivity contribution in [1.29, 1.82) is 0 Å². The van der Waals surface area contributed by atoms with Gasteiger partial charge in [0.1, 0.15) is 7.05 Å². The highest BCUT2D eigenvalue weighted by Gasteiger charge is 2.03. The molecule has 13 heavy (non-hydrogen) atoms. The van der Waals surface area contributed by atoms with E-state index in [9.17, 15) is 15.3 Å². The van der Waals surface area contributed by atoms with E-state index in [0.29, 0.717) is 10.3 Å². The molecule has 1 aromatic carbocycles. The Morgan fingerprint density at radius 2 is 1.77 bits per heavy atom. The molecule has 1 rings (SSSR count). The summed E-state index contributed by atoms with van der Waals surface area (Å²) in [7, 11) is 1.35. The van der Waals surface area contributed by atoms with Crippen molar-refractivity contribution >= 4 is 11.9 Å². The SMILES string of the molecule is C/[N+]([O-])=C\c1ccc([N+](=O)[O-])cc1. The van der Waals surface area contributed by atoms with Crippen LogP contribution in [0.25, 0.3) is 0 Å². The minimum absolute atomic E-state index is 0.0192. The van der Waals surface area contributed by atoms with E-state index in [1.807, 2.05) is 0 Å². The van der Waals surface area contributed by atoms with Crippen molar-refractivity contribution in [2.75, 3.05) is 7.05 Å². The maximum absolute atomic E-state index is 10.6. The Balaban J connectivity index is 2.94. The minimum Gasteiger partial charge on any atom is -0.624 e. The lowest BCUT2D eigenvalue weighted by Crippen LogP contribution is -1.97. The zero-order chi connectivity index (χ0) is 9.84. The normalized spacial score (nSPS) is 11.3. The van der Waals surface area contributed by atoms with Crippen molar-refractivity contribution in [3.63, 3.8) is 0 Å². The molecule has 0 aliphatic rings. The Morgan fingerprint density at radius 3 is 2.15 bits per heavy atom. The van der Waals surface area contributed by atoms with Crippen LogP contribution in [0.1, 0.15) is 5.56 Å². The van der Waals surface area contributed by atoms with Crippen LogP contribution >= 0.6 is 0 Å². The smallest absolute Gasteiger partial charge is 0.269 e. The lowest BCUT2D eigenvalue weighted by Gasteiger charge is -1.95. The fraction of sp³-hybridized carbons (Fsp3) is 0.125. The molecule has 68 valence electrons. The van der Waals surface area contributed by atoms with Crippen LogP contribution in [0, 0.1) is 15.3 Å². The summed E-state index contributed by atoms with van der Waals surface area (Å²) in [6, 6.07) is 5.75. The molecule has 0 amide bonds. The molecular weight excluding hydrogens is 172 g/mol. The molecule has 0 unspecified atom stereocenters. The highest BCUT2D eigenvalue weighted by Crippen LogP contribution is 2.10. The number of benzene rings is 1. The first-order valence-electron chi connectivity index (χ1n) is 3.59. The second-order valence-corrected chi connectivity index (χ2v) is 2.52. The molecule has 0 heterocycles. The van der Waals surface area contributed by atoms with E-state index in [4.69, 9.17) is 0 Å². The van der Waals surface area contributed by atoms with Crippen molar-refractivity contribution in [1.82, 2.24) is 0 Å². The van der Waals surface area contributed by atoms with Crippen LogP contribution in [0.15, 0.2) is 24.3 Å². The molecule has 0 atom stereocenters. The third-order valence-electron chi connectivity index (χ3n) is 1.43. The summed E-state index contributed by atoms with van der Waals surface area (Å²) in [5.74, 6) is 0. The lowest BCUT2D eigenvalue weighted by atomic mass is 10.2. The van der Waals surface area contributed by atoms with Gasteiger partial charge in [-0.1, -0.05) is 0 Å². The van der Waals surface area contributed by atoms with E-state index in [1.54, 1.807) is 0 Å². The molecule has 5 heteroatoms. The third kappa shape index (κ3) is 2.55. The van der Waals surface area contributed by atoms with Crippen LogP contribution in [0.2, 0.25) is 0 Å². The first-order chi connectivity index (χ1) is 6.09. The summed E-state index contributed by atoms with van der Waals surface area (Å²) in [6.07, 6.45) is 1.34. The van der Waals surface area contributed by atoms with Gasteiger partial charge in [0.2, 0.25) is 0 Å². The second-order valence-electron chi connectivity index (χ2n) is 2.52. The Morgan fingerprint density at radius 1 is 1.23 bits per heavy atom. The summed E-state index contributed by atoms with van der Waals surface area (Å²) in [4.78, 5) is 9.78. The topological polar surface area (TPSA) is 69.2 Å². The maximum atomic E-state index is 10.6. The Bertz CT molecular complexity index is 339. The summed E-state index contributed by atoms with van der Waals surface area (Å²) < 4.78 is 0.640. The summed E-state index contributed by atoms with van der Waals surface area (Å²) in [5.41, 5.74) is 0.661. The molecule has 1 aromatic rings. The summed E-state index contributed by atoms with van der Waals surface area (Å²) in [6.45, 7) is 0. The number of hydrogen-bond acceptors (Lipinski definition) is 3. The van der Waals surface area contributed by atoms with Crippen LogP contribution in [-0.4, -0.2) is 22.9 Å². The van der Waals surface area contributed by atoms with Gasteiger partial charge in [0.25, 0.3) is 5.69 Å². The van der Waals surface area contributed by atoms with Crippen molar-refractivity contribution in [3.8, 4) is 0 Å². The molecule has 0 N–H and O–H groups in total. The maximum Gasteiger partial charge on any atom is 0.269 e. The van der Waals surface area contributed by atoms with E-state index < -0.39 is 4.92 Å². The molecule has 0 radical (unpaired) electrons. The number of hydrogen-bond donors (Lipinski definition) is 0. The van der Waals surface area contributed by atoms with Crippen molar-refractivity contribution < 1.29 is 9.66 Å². The molecule has 5 nitrogen and oxygen atoms in total. The van der Waals surface area contributed by atoms with E-state index in [2.05, 4.69) is 0 Å². The van der Waals surface area contributed by atoms with Gasteiger partial charge >= 0.3 is 0 Å². The van der Waals surface area contributed by atoms with Gasteiger partial charge in [0.15, 0.2) is 6.21 Å². The number of non-ortho nitro benzene ring substituents is 1. The standard InChI is InChI=1S/C8H8N2O3/c1-9(11)6-7-2-4-8(5-3-7)10(12)13/h2-6H,1H3/b9-6+. The average Bonchev–Trinajstić information content (AvgIpc) is 2.04. The van der Waals surface area contributed by atoms with Crippen LogP contribution in [0.3, 0.4) is 0 Å². The molecule has 0 saturated heterocycles. The molecule has 0 spiro atoms. The van der Waals surface area contributed by atoms with E-state index in [0.717, 1.165) is 0 Å². The first-order valence-corrected chi connectivity index (χ1v) is 3.59. The molecular formula is C8H8N2O3. The van der Waals surface area contributed by atoms with Crippen LogP contribution in [0.5, 0.6) is 0 Å². The number of nitrogens with zero attached hydrogens (tertiary/aromatic N) is 2. The van der Waals surface area contributed by atoms with E-state index in [1.165, 1.54) is 37.5 Å². The predicted octanol–water partition coefficient (Wildman–Crippen LogP) is 1.15. The zero-order valence-corrected chi connectivity index (χ0v) is 7.01. The van der Waals surface area contributed by atoms with Gasteiger partial charge in [-0.2, -0.15) is 0 Å².